The van der Waals surface area contributed by atoms with E-state index in [0.29, 0.717) is 22.9 Å². The number of hydrogen-bond acceptors (Lipinski definition) is 4. The number of carbonyl (C=O) groups excluding carboxylic acids is 2. The lowest BCUT2D eigenvalue weighted by Gasteiger charge is -2.13. The number of fused-ring (bicyclic) bond motifs is 5. The zero-order chi connectivity index (χ0) is 20.0. The third kappa shape index (κ3) is 3.06. The summed E-state index contributed by atoms with van der Waals surface area (Å²) < 4.78 is 5.92. The zero-order valence-electron chi connectivity index (χ0n) is 15.6. The van der Waals surface area contributed by atoms with Crippen molar-refractivity contribution < 1.29 is 14.3 Å². The summed E-state index contributed by atoms with van der Waals surface area (Å²) in [6.45, 7) is 0.311. The molecule has 2 aromatic carbocycles. The average molecular weight is 407 g/mol. The first-order valence-electron chi connectivity index (χ1n) is 9.69. The molecule has 0 radical (unpaired) electrons. The Morgan fingerprint density at radius 1 is 1.00 bits per heavy atom. The second-order valence-corrected chi connectivity index (χ2v) is 8.06. The van der Waals surface area contributed by atoms with E-state index >= 15 is 0 Å². The number of benzene rings is 2. The van der Waals surface area contributed by atoms with Crippen LogP contribution in [-0.4, -0.2) is 23.0 Å². The molecule has 5 nitrogen and oxygen atoms in total. The van der Waals surface area contributed by atoms with Gasteiger partial charge >= 0.3 is 0 Å². The van der Waals surface area contributed by atoms with Crippen molar-refractivity contribution in [1.82, 2.24) is 5.01 Å². The van der Waals surface area contributed by atoms with Crippen molar-refractivity contribution in [2.24, 2.45) is 28.8 Å². The largest absolute Gasteiger partial charge is 0.488 e. The number of hydrazone groups is 1. The monoisotopic (exact) mass is 406 g/mol. The number of carbonyl (C=O) groups is 2. The minimum absolute atomic E-state index is 0.174. The smallest absolute Gasteiger partial charge is 0.254 e. The van der Waals surface area contributed by atoms with E-state index in [1.165, 1.54) is 6.21 Å². The van der Waals surface area contributed by atoms with Crippen molar-refractivity contribution in [3.8, 4) is 5.75 Å². The Morgan fingerprint density at radius 2 is 1.66 bits per heavy atom. The fourth-order valence-electron chi connectivity index (χ4n) is 4.61. The molecule has 2 aliphatic carbocycles. The lowest BCUT2D eigenvalue weighted by Crippen LogP contribution is -2.28. The highest BCUT2D eigenvalue weighted by Gasteiger charge is 2.59. The Bertz CT molecular complexity index is 1020. The molecular formula is C23H19ClN2O3. The Morgan fingerprint density at radius 3 is 2.38 bits per heavy atom. The van der Waals surface area contributed by atoms with Gasteiger partial charge in [0.1, 0.15) is 12.4 Å². The Labute approximate surface area is 173 Å². The van der Waals surface area contributed by atoms with Crippen molar-refractivity contribution in [2.75, 3.05) is 0 Å². The summed E-state index contributed by atoms with van der Waals surface area (Å²) in [6.07, 6.45) is 6.57. The normalized spacial score (nSPS) is 27.3. The van der Waals surface area contributed by atoms with Gasteiger partial charge < -0.3 is 4.74 Å². The van der Waals surface area contributed by atoms with Crippen LogP contribution in [0, 0.1) is 23.7 Å². The van der Waals surface area contributed by atoms with Gasteiger partial charge in [-0.2, -0.15) is 10.1 Å². The molecule has 2 fully saturated rings. The number of nitrogens with zero attached hydrogens (tertiary/aromatic N) is 2. The molecule has 1 aliphatic heterocycles. The van der Waals surface area contributed by atoms with Crippen molar-refractivity contribution in [2.45, 2.75) is 13.0 Å². The lowest BCUT2D eigenvalue weighted by atomic mass is 9.85. The van der Waals surface area contributed by atoms with E-state index in [4.69, 9.17) is 16.3 Å². The van der Waals surface area contributed by atoms with Crippen LogP contribution in [-0.2, 0) is 16.2 Å². The molecule has 29 heavy (non-hydrogen) atoms. The quantitative estimate of drug-likeness (QED) is 0.427. The van der Waals surface area contributed by atoms with Crippen molar-refractivity contribution in [3.63, 3.8) is 0 Å². The fourth-order valence-corrected chi connectivity index (χ4v) is 4.80. The predicted molar refractivity (Wildman–Crippen MR) is 109 cm³/mol. The van der Waals surface area contributed by atoms with Crippen LogP contribution in [0.2, 0.25) is 5.02 Å². The number of ether oxygens (including phenoxy) is 1. The highest BCUT2D eigenvalue weighted by Crippen LogP contribution is 2.52. The van der Waals surface area contributed by atoms with Gasteiger partial charge in [0.2, 0.25) is 0 Å². The van der Waals surface area contributed by atoms with Gasteiger partial charge in [-0.05, 0) is 36.5 Å². The summed E-state index contributed by atoms with van der Waals surface area (Å²) in [5.74, 6) is 0.0749. The number of hydrogen-bond donors (Lipinski definition) is 0. The van der Waals surface area contributed by atoms with Crippen LogP contribution in [0.3, 0.4) is 0 Å². The highest BCUT2D eigenvalue weighted by molar-refractivity contribution is 6.31. The van der Waals surface area contributed by atoms with Crippen molar-refractivity contribution >= 4 is 29.6 Å². The van der Waals surface area contributed by atoms with Gasteiger partial charge in [-0.25, -0.2) is 0 Å². The number of imide groups is 1. The van der Waals surface area contributed by atoms with Gasteiger partial charge in [0, 0.05) is 16.1 Å². The first-order chi connectivity index (χ1) is 14.1. The molecule has 5 rings (SSSR count). The Kier molecular flexibility index (Phi) is 4.47. The molecule has 4 unspecified atom stereocenters. The Balaban J connectivity index is 1.34. The van der Waals surface area contributed by atoms with Gasteiger partial charge in [-0.1, -0.05) is 54.1 Å². The maximum atomic E-state index is 12.8. The van der Waals surface area contributed by atoms with E-state index in [0.717, 1.165) is 17.0 Å². The number of allylic oxidation sites excluding steroid dienone is 2. The molecule has 4 atom stereocenters. The van der Waals surface area contributed by atoms with Gasteiger partial charge in [0.15, 0.2) is 0 Å². The van der Waals surface area contributed by atoms with E-state index in [1.54, 1.807) is 0 Å². The fraction of sp³-hybridized carbons (Fsp3) is 0.261. The first-order valence-corrected chi connectivity index (χ1v) is 10.1. The number of para-hydroxylation sites is 1. The SMILES string of the molecule is O=C1C2C3C=CC(C3)C2C(=O)N1N=Cc1ccccc1OCc1ccccc1Cl. The van der Waals surface area contributed by atoms with E-state index in [-0.39, 0.29) is 35.5 Å². The second-order valence-electron chi connectivity index (χ2n) is 7.65. The molecule has 0 N–H and O–H groups in total. The van der Waals surface area contributed by atoms with Crippen LogP contribution in [0.15, 0.2) is 65.8 Å². The van der Waals surface area contributed by atoms with Crippen LogP contribution >= 0.6 is 11.6 Å². The molecule has 6 heteroatoms. The molecule has 2 amide bonds. The molecule has 0 aromatic heterocycles. The minimum atomic E-state index is -0.249. The summed E-state index contributed by atoms with van der Waals surface area (Å²) in [5.41, 5.74) is 1.57. The van der Waals surface area contributed by atoms with Crippen LogP contribution in [0.25, 0.3) is 0 Å². The second kappa shape index (κ2) is 7.16. The molecule has 3 aliphatic rings. The Hall–Kier alpha value is -2.92. The average Bonchev–Trinajstić information content (AvgIpc) is 3.41. The van der Waals surface area contributed by atoms with E-state index < -0.39 is 0 Å². The topological polar surface area (TPSA) is 59.0 Å². The van der Waals surface area contributed by atoms with Crippen molar-refractivity contribution in [3.05, 3.63) is 76.8 Å². The van der Waals surface area contributed by atoms with Crippen molar-refractivity contribution in [1.29, 1.82) is 0 Å². The predicted octanol–water partition coefficient (Wildman–Crippen LogP) is 4.06. The molecule has 146 valence electrons. The number of halogens is 1. The lowest BCUT2D eigenvalue weighted by molar-refractivity contribution is -0.140. The summed E-state index contributed by atoms with van der Waals surface area (Å²) in [6, 6.07) is 14.9. The number of amides is 2. The van der Waals surface area contributed by atoms with E-state index in [1.807, 2.05) is 48.5 Å². The van der Waals surface area contributed by atoms with Crippen LogP contribution in [0.1, 0.15) is 17.5 Å². The minimum Gasteiger partial charge on any atom is -0.488 e. The van der Waals surface area contributed by atoms with Gasteiger partial charge in [-0.3, -0.25) is 9.59 Å². The van der Waals surface area contributed by atoms with E-state index in [9.17, 15) is 9.59 Å². The molecule has 1 saturated carbocycles. The molecule has 0 spiro atoms. The maximum Gasteiger partial charge on any atom is 0.254 e. The summed E-state index contributed by atoms with van der Waals surface area (Å²) in [5, 5.41) is 5.93. The highest BCUT2D eigenvalue weighted by atomic mass is 35.5. The third-order valence-corrected chi connectivity index (χ3v) is 6.39. The zero-order valence-corrected chi connectivity index (χ0v) is 16.3. The summed E-state index contributed by atoms with van der Waals surface area (Å²) >= 11 is 6.19. The summed E-state index contributed by atoms with van der Waals surface area (Å²) in [4.78, 5) is 25.5. The molecule has 2 aromatic rings. The van der Waals surface area contributed by atoms with Crippen LogP contribution in [0.5, 0.6) is 5.75 Å². The maximum absolute atomic E-state index is 12.8. The van der Waals surface area contributed by atoms with E-state index in [2.05, 4.69) is 17.3 Å². The first kappa shape index (κ1) is 18.1. The number of rotatable bonds is 5. The standard InChI is InChI=1S/C23H19ClN2O3/c24-18-7-3-1-6-17(18)13-29-19-8-4-2-5-16(19)12-25-26-22(27)20-14-9-10-15(11-14)21(20)23(26)28/h1-10,12,14-15,20-21H,11,13H2. The molecule has 2 bridgehead atoms. The molecule has 1 saturated heterocycles. The molecular weight excluding hydrogens is 388 g/mol. The summed E-state index contributed by atoms with van der Waals surface area (Å²) in [7, 11) is 0. The van der Waals surface area contributed by atoms with Gasteiger partial charge in [0.05, 0.1) is 18.1 Å². The third-order valence-electron chi connectivity index (χ3n) is 6.02. The van der Waals surface area contributed by atoms with Crippen LogP contribution < -0.4 is 4.74 Å². The van der Waals surface area contributed by atoms with Gasteiger partial charge in [0.25, 0.3) is 11.8 Å². The molecule has 1 heterocycles. The van der Waals surface area contributed by atoms with Crippen LogP contribution in [0.4, 0.5) is 0 Å². The van der Waals surface area contributed by atoms with Gasteiger partial charge in [-0.15, -0.1) is 0 Å².